The van der Waals surface area contributed by atoms with E-state index in [2.05, 4.69) is 10.4 Å². The van der Waals surface area contributed by atoms with Crippen molar-refractivity contribution in [3.63, 3.8) is 0 Å². The van der Waals surface area contributed by atoms with E-state index < -0.39 is 18.2 Å². The monoisotopic (exact) mass is 275 g/mol. The third kappa shape index (κ3) is 2.07. The Morgan fingerprint density at radius 2 is 2.25 bits per heavy atom. The number of aliphatic hydroxyl groups excluding tert-OH is 2. The number of pyridine rings is 1. The number of fused-ring (bicyclic) bond motifs is 1. The third-order valence-electron chi connectivity index (χ3n) is 3.88. The van der Waals surface area contributed by atoms with E-state index in [1.54, 1.807) is 10.7 Å². The van der Waals surface area contributed by atoms with Gasteiger partial charge in [0.25, 0.3) is 5.91 Å². The van der Waals surface area contributed by atoms with Crippen LogP contribution >= 0.6 is 0 Å². The molecule has 1 fully saturated rings. The molecule has 0 saturated heterocycles. The van der Waals surface area contributed by atoms with E-state index in [9.17, 15) is 15.0 Å². The summed E-state index contributed by atoms with van der Waals surface area (Å²) in [4.78, 5) is 12.3. The van der Waals surface area contributed by atoms with Crippen LogP contribution in [0.2, 0.25) is 0 Å². The number of rotatable bonds is 2. The molecule has 0 spiro atoms. The Bertz CT molecular complexity index is 652. The van der Waals surface area contributed by atoms with Crippen LogP contribution in [0.15, 0.2) is 24.5 Å². The second kappa shape index (κ2) is 4.88. The van der Waals surface area contributed by atoms with Gasteiger partial charge < -0.3 is 15.5 Å². The van der Waals surface area contributed by atoms with E-state index in [4.69, 9.17) is 0 Å². The average molecular weight is 275 g/mol. The van der Waals surface area contributed by atoms with Gasteiger partial charge in [-0.2, -0.15) is 5.10 Å². The quantitative estimate of drug-likeness (QED) is 0.733. The van der Waals surface area contributed by atoms with Crippen LogP contribution in [0.4, 0.5) is 0 Å². The lowest BCUT2D eigenvalue weighted by atomic mass is 10.1. The van der Waals surface area contributed by atoms with Crippen molar-refractivity contribution in [1.82, 2.24) is 14.9 Å². The fourth-order valence-electron chi connectivity index (χ4n) is 2.75. The van der Waals surface area contributed by atoms with Gasteiger partial charge in [0, 0.05) is 6.20 Å². The SMILES string of the molecule is Cc1cccn2ncc(C(=O)N[C@@H]3CC[C@@H](O)[C@H]3O)c12. The number of nitrogens with zero attached hydrogens (tertiary/aromatic N) is 2. The minimum atomic E-state index is -0.901. The van der Waals surface area contributed by atoms with Crippen LogP contribution in [-0.2, 0) is 0 Å². The minimum absolute atomic E-state index is 0.271. The van der Waals surface area contributed by atoms with Gasteiger partial charge in [-0.05, 0) is 31.4 Å². The van der Waals surface area contributed by atoms with Crippen molar-refractivity contribution in [2.75, 3.05) is 0 Å². The van der Waals surface area contributed by atoms with Gasteiger partial charge in [-0.3, -0.25) is 4.79 Å². The number of carbonyl (C=O) groups is 1. The van der Waals surface area contributed by atoms with E-state index in [-0.39, 0.29) is 5.91 Å². The van der Waals surface area contributed by atoms with Gasteiger partial charge >= 0.3 is 0 Å². The lowest BCUT2D eigenvalue weighted by molar-refractivity contribution is 0.0297. The highest BCUT2D eigenvalue weighted by atomic mass is 16.3. The molecule has 1 amide bonds. The molecular weight excluding hydrogens is 258 g/mol. The maximum Gasteiger partial charge on any atom is 0.255 e. The summed E-state index contributed by atoms with van der Waals surface area (Å²) in [7, 11) is 0. The molecule has 20 heavy (non-hydrogen) atoms. The van der Waals surface area contributed by atoms with Crippen molar-refractivity contribution in [1.29, 1.82) is 0 Å². The van der Waals surface area contributed by atoms with Gasteiger partial charge in [0.05, 0.1) is 29.4 Å². The molecular formula is C14H17N3O3. The third-order valence-corrected chi connectivity index (χ3v) is 3.88. The molecule has 0 aromatic carbocycles. The Labute approximate surface area is 116 Å². The Morgan fingerprint density at radius 3 is 2.95 bits per heavy atom. The summed E-state index contributed by atoms with van der Waals surface area (Å²) in [5.74, 6) is -0.271. The van der Waals surface area contributed by atoms with Crippen LogP contribution in [-0.4, -0.2) is 44.0 Å². The lowest BCUT2D eigenvalue weighted by Gasteiger charge is -2.17. The summed E-state index contributed by atoms with van der Waals surface area (Å²) in [6.07, 6.45) is 2.72. The number of aliphatic hydroxyl groups is 2. The van der Waals surface area contributed by atoms with Gasteiger partial charge in [-0.15, -0.1) is 0 Å². The summed E-state index contributed by atoms with van der Waals surface area (Å²) in [5.41, 5.74) is 2.21. The summed E-state index contributed by atoms with van der Waals surface area (Å²) < 4.78 is 1.66. The number of nitrogens with one attached hydrogen (secondary N) is 1. The number of hydrogen-bond donors (Lipinski definition) is 3. The minimum Gasteiger partial charge on any atom is -0.390 e. The molecule has 106 valence electrons. The van der Waals surface area contributed by atoms with Crippen LogP contribution in [0.25, 0.3) is 5.52 Å². The van der Waals surface area contributed by atoms with Crippen LogP contribution in [0, 0.1) is 6.92 Å². The Hall–Kier alpha value is -1.92. The zero-order chi connectivity index (χ0) is 14.3. The van der Waals surface area contributed by atoms with Crippen molar-refractivity contribution in [3.8, 4) is 0 Å². The number of aromatic nitrogens is 2. The first-order valence-electron chi connectivity index (χ1n) is 6.68. The summed E-state index contributed by atoms with van der Waals surface area (Å²) in [5, 5.41) is 26.2. The summed E-state index contributed by atoms with van der Waals surface area (Å²) in [6, 6.07) is 3.38. The standard InChI is InChI=1S/C14H17N3O3/c1-8-3-2-6-17-12(8)9(7-15-17)14(20)16-10-4-5-11(18)13(10)19/h2-3,6-7,10-11,13,18-19H,4-5H2,1H3,(H,16,20)/t10-,11-,13+/m1/s1. The topological polar surface area (TPSA) is 86.9 Å². The van der Waals surface area contributed by atoms with Gasteiger partial charge in [-0.25, -0.2) is 4.52 Å². The molecule has 1 aliphatic carbocycles. The Morgan fingerprint density at radius 1 is 1.45 bits per heavy atom. The van der Waals surface area contributed by atoms with E-state index in [1.807, 2.05) is 19.1 Å². The van der Waals surface area contributed by atoms with E-state index in [0.717, 1.165) is 11.1 Å². The molecule has 3 atom stereocenters. The van der Waals surface area contributed by atoms with Crippen molar-refractivity contribution >= 4 is 11.4 Å². The van der Waals surface area contributed by atoms with E-state index in [0.29, 0.717) is 18.4 Å². The normalized spacial score (nSPS) is 26.1. The lowest BCUT2D eigenvalue weighted by Crippen LogP contribution is -2.42. The fraction of sp³-hybridized carbons (Fsp3) is 0.429. The van der Waals surface area contributed by atoms with Crippen LogP contribution in [0.5, 0.6) is 0 Å². The van der Waals surface area contributed by atoms with Crippen molar-refractivity contribution in [2.45, 2.75) is 38.0 Å². The highest BCUT2D eigenvalue weighted by Gasteiger charge is 2.34. The average Bonchev–Trinajstić information content (AvgIpc) is 2.98. The highest BCUT2D eigenvalue weighted by molar-refractivity contribution is 6.01. The van der Waals surface area contributed by atoms with Crippen LogP contribution in [0.1, 0.15) is 28.8 Å². The molecule has 2 aromatic rings. The Kier molecular flexibility index (Phi) is 3.19. The Balaban J connectivity index is 1.86. The second-order valence-electron chi connectivity index (χ2n) is 5.26. The largest absolute Gasteiger partial charge is 0.390 e. The fourth-order valence-corrected chi connectivity index (χ4v) is 2.75. The number of amides is 1. The molecule has 0 unspecified atom stereocenters. The maximum absolute atomic E-state index is 12.3. The smallest absolute Gasteiger partial charge is 0.255 e. The molecule has 6 nitrogen and oxygen atoms in total. The maximum atomic E-state index is 12.3. The van der Waals surface area contributed by atoms with Crippen LogP contribution < -0.4 is 5.32 Å². The molecule has 2 aromatic heterocycles. The van der Waals surface area contributed by atoms with Gasteiger partial charge in [0.2, 0.25) is 0 Å². The molecule has 2 heterocycles. The predicted molar refractivity (Wildman–Crippen MR) is 72.4 cm³/mol. The van der Waals surface area contributed by atoms with Crippen molar-refractivity contribution < 1.29 is 15.0 Å². The first kappa shape index (κ1) is 13.1. The number of carbonyl (C=O) groups excluding carboxylic acids is 1. The second-order valence-corrected chi connectivity index (χ2v) is 5.26. The molecule has 3 N–H and O–H groups in total. The van der Waals surface area contributed by atoms with Gasteiger partial charge in [-0.1, -0.05) is 6.07 Å². The molecule has 3 rings (SSSR count). The van der Waals surface area contributed by atoms with E-state index in [1.165, 1.54) is 6.20 Å². The number of aryl methyl sites for hydroxylation is 1. The van der Waals surface area contributed by atoms with E-state index >= 15 is 0 Å². The number of hydrogen-bond acceptors (Lipinski definition) is 4. The zero-order valence-electron chi connectivity index (χ0n) is 11.2. The summed E-state index contributed by atoms with van der Waals surface area (Å²) in [6.45, 7) is 1.92. The van der Waals surface area contributed by atoms with Crippen molar-refractivity contribution in [2.24, 2.45) is 0 Å². The van der Waals surface area contributed by atoms with Gasteiger partial charge in [0.1, 0.15) is 6.10 Å². The molecule has 0 aliphatic heterocycles. The molecule has 6 heteroatoms. The summed E-state index contributed by atoms with van der Waals surface area (Å²) >= 11 is 0. The molecule has 1 aliphatic rings. The van der Waals surface area contributed by atoms with Crippen LogP contribution in [0.3, 0.4) is 0 Å². The first-order chi connectivity index (χ1) is 9.58. The van der Waals surface area contributed by atoms with Gasteiger partial charge in [0.15, 0.2) is 0 Å². The zero-order valence-corrected chi connectivity index (χ0v) is 11.2. The highest BCUT2D eigenvalue weighted by Crippen LogP contribution is 2.21. The molecule has 1 saturated carbocycles. The predicted octanol–water partition coefficient (Wildman–Crippen LogP) is 0.257. The first-order valence-corrected chi connectivity index (χ1v) is 6.68. The molecule has 0 bridgehead atoms. The molecule has 0 radical (unpaired) electrons. The van der Waals surface area contributed by atoms with Crippen molar-refractivity contribution in [3.05, 3.63) is 35.7 Å².